The Morgan fingerprint density at radius 1 is 1.33 bits per heavy atom. The highest BCUT2D eigenvalue weighted by molar-refractivity contribution is 5.86. The van der Waals surface area contributed by atoms with Crippen LogP contribution in [0.1, 0.15) is 12.8 Å². The van der Waals surface area contributed by atoms with E-state index in [9.17, 15) is 19.2 Å². The fourth-order valence-corrected chi connectivity index (χ4v) is 1.90. The molecule has 118 valence electrons. The second kappa shape index (κ2) is 7.31. The molecule has 1 heterocycles. The number of likely N-dealkylation sites (tertiary alicyclic amines) is 1. The van der Waals surface area contributed by atoms with Crippen molar-refractivity contribution in [1.82, 2.24) is 15.5 Å². The highest BCUT2D eigenvalue weighted by atomic mass is 16.5. The van der Waals surface area contributed by atoms with Gasteiger partial charge in [0, 0.05) is 13.1 Å². The van der Waals surface area contributed by atoms with E-state index < -0.39 is 36.5 Å². The number of carbonyl (C=O) groups excluding carboxylic acids is 2. The molecule has 21 heavy (non-hydrogen) atoms. The molecular formula is C11H17N3O7. The van der Waals surface area contributed by atoms with E-state index in [1.165, 1.54) is 12.0 Å². The smallest absolute Gasteiger partial charge is 0.407 e. The van der Waals surface area contributed by atoms with Crippen LogP contribution >= 0.6 is 0 Å². The molecule has 2 atom stereocenters. The first-order valence-corrected chi connectivity index (χ1v) is 6.18. The first-order valence-electron chi connectivity index (χ1n) is 6.18. The maximum absolute atomic E-state index is 11.9. The van der Waals surface area contributed by atoms with Gasteiger partial charge in [-0.3, -0.25) is 4.79 Å². The molecule has 0 radical (unpaired) electrons. The van der Waals surface area contributed by atoms with Crippen molar-refractivity contribution in [2.75, 3.05) is 20.2 Å². The SMILES string of the molecule is COC(=O)NC1CCN(C(=O)N[C@@H](CC(=O)O)C(=O)O)C1. The summed E-state index contributed by atoms with van der Waals surface area (Å²) in [6.45, 7) is 0.514. The summed E-state index contributed by atoms with van der Waals surface area (Å²) in [4.78, 5) is 45.6. The van der Waals surface area contributed by atoms with Gasteiger partial charge >= 0.3 is 24.1 Å². The summed E-state index contributed by atoms with van der Waals surface area (Å²) in [5.74, 6) is -2.75. The van der Waals surface area contributed by atoms with Crippen molar-refractivity contribution >= 4 is 24.1 Å². The van der Waals surface area contributed by atoms with Crippen molar-refractivity contribution in [3.63, 3.8) is 0 Å². The number of hydrogen-bond acceptors (Lipinski definition) is 5. The quantitative estimate of drug-likeness (QED) is 0.512. The molecule has 1 unspecified atom stereocenters. The molecule has 1 aliphatic rings. The van der Waals surface area contributed by atoms with E-state index in [4.69, 9.17) is 10.2 Å². The molecular weight excluding hydrogens is 286 g/mol. The van der Waals surface area contributed by atoms with Crippen LogP contribution in [0.3, 0.4) is 0 Å². The van der Waals surface area contributed by atoms with Gasteiger partial charge in [0.1, 0.15) is 6.04 Å². The predicted octanol–water partition coefficient (Wildman–Crippen LogP) is -0.946. The normalized spacial score (nSPS) is 18.7. The molecule has 10 nitrogen and oxygen atoms in total. The van der Waals surface area contributed by atoms with Gasteiger partial charge in [-0.05, 0) is 6.42 Å². The van der Waals surface area contributed by atoms with Gasteiger partial charge in [-0.25, -0.2) is 14.4 Å². The number of nitrogens with one attached hydrogen (secondary N) is 2. The van der Waals surface area contributed by atoms with E-state index in [-0.39, 0.29) is 12.6 Å². The number of carbonyl (C=O) groups is 4. The molecule has 1 rings (SSSR count). The Morgan fingerprint density at radius 3 is 2.52 bits per heavy atom. The lowest BCUT2D eigenvalue weighted by Gasteiger charge is -2.20. The Balaban J connectivity index is 2.50. The van der Waals surface area contributed by atoms with Crippen LogP contribution in [0.2, 0.25) is 0 Å². The second-order valence-corrected chi connectivity index (χ2v) is 4.51. The highest BCUT2D eigenvalue weighted by Gasteiger charge is 2.30. The van der Waals surface area contributed by atoms with E-state index in [1.807, 2.05) is 0 Å². The first-order chi connectivity index (χ1) is 9.83. The maximum atomic E-state index is 11.9. The van der Waals surface area contributed by atoms with E-state index in [1.54, 1.807) is 0 Å². The molecule has 4 N–H and O–H groups in total. The van der Waals surface area contributed by atoms with Crippen LogP contribution in [0, 0.1) is 0 Å². The summed E-state index contributed by atoms with van der Waals surface area (Å²) in [5, 5.41) is 22.1. The number of nitrogens with zero attached hydrogens (tertiary/aromatic N) is 1. The number of hydrogen-bond donors (Lipinski definition) is 4. The number of carboxylic acid groups (broad SMARTS) is 2. The van der Waals surface area contributed by atoms with Gasteiger partial charge in [0.05, 0.1) is 19.6 Å². The largest absolute Gasteiger partial charge is 0.481 e. The zero-order valence-electron chi connectivity index (χ0n) is 11.4. The van der Waals surface area contributed by atoms with Gasteiger partial charge in [-0.1, -0.05) is 0 Å². The third kappa shape index (κ3) is 5.16. The predicted molar refractivity (Wildman–Crippen MR) is 67.7 cm³/mol. The van der Waals surface area contributed by atoms with E-state index in [2.05, 4.69) is 15.4 Å². The summed E-state index contributed by atoms with van der Waals surface area (Å²) in [6, 6.07) is -2.47. The molecule has 0 spiro atoms. The Labute approximate surface area is 120 Å². The van der Waals surface area contributed by atoms with Gasteiger partial charge in [0.25, 0.3) is 0 Å². The Hall–Kier alpha value is -2.52. The number of methoxy groups -OCH3 is 1. The molecule has 0 bridgehead atoms. The molecule has 0 aromatic heterocycles. The number of alkyl carbamates (subject to hydrolysis) is 1. The molecule has 10 heteroatoms. The van der Waals surface area contributed by atoms with Gasteiger partial charge < -0.3 is 30.5 Å². The lowest BCUT2D eigenvalue weighted by atomic mass is 10.2. The molecule has 0 aromatic carbocycles. The van der Waals surface area contributed by atoms with Gasteiger partial charge in [0.2, 0.25) is 0 Å². The van der Waals surface area contributed by atoms with Crippen molar-refractivity contribution in [2.45, 2.75) is 24.9 Å². The van der Waals surface area contributed by atoms with Gasteiger partial charge in [0.15, 0.2) is 0 Å². The molecule has 0 saturated carbocycles. The summed E-state index contributed by atoms with van der Waals surface area (Å²) in [7, 11) is 1.22. The molecule has 0 aromatic rings. The minimum atomic E-state index is -1.50. The van der Waals surface area contributed by atoms with Crippen molar-refractivity contribution < 1.29 is 34.1 Å². The average Bonchev–Trinajstić information content (AvgIpc) is 2.85. The van der Waals surface area contributed by atoms with Crippen LogP contribution in [-0.2, 0) is 14.3 Å². The summed E-state index contributed by atoms with van der Waals surface area (Å²) < 4.78 is 4.44. The minimum absolute atomic E-state index is 0.195. The molecule has 1 saturated heterocycles. The first kappa shape index (κ1) is 16.5. The Morgan fingerprint density at radius 2 is 2.00 bits per heavy atom. The van der Waals surface area contributed by atoms with Crippen LogP contribution in [0.4, 0.5) is 9.59 Å². The monoisotopic (exact) mass is 303 g/mol. The number of carboxylic acids is 2. The molecule has 1 fully saturated rings. The number of urea groups is 1. The maximum Gasteiger partial charge on any atom is 0.407 e. The zero-order chi connectivity index (χ0) is 16.0. The topological polar surface area (TPSA) is 145 Å². The second-order valence-electron chi connectivity index (χ2n) is 4.51. The number of ether oxygens (including phenoxy) is 1. The third-order valence-corrected chi connectivity index (χ3v) is 2.96. The Bertz CT molecular complexity index is 440. The summed E-state index contributed by atoms with van der Waals surface area (Å²) >= 11 is 0. The molecule has 3 amide bonds. The van der Waals surface area contributed by atoms with Crippen LogP contribution in [0.15, 0.2) is 0 Å². The highest BCUT2D eigenvalue weighted by Crippen LogP contribution is 2.10. The minimum Gasteiger partial charge on any atom is -0.481 e. The van der Waals surface area contributed by atoms with Crippen molar-refractivity contribution in [1.29, 1.82) is 0 Å². The van der Waals surface area contributed by atoms with Crippen molar-refractivity contribution in [3.8, 4) is 0 Å². The number of amides is 3. The van der Waals surface area contributed by atoms with Crippen LogP contribution in [0.25, 0.3) is 0 Å². The summed E-state index contributed by atoms with van der Waals surface area (Å²) in [6.07, 6.45) is -0.825. The van der Waals surface area contributed by atoms with Crippen LogP contribution in [0.5, 0.6) is 0 Å². The van der Waals surface area contributed by atoms with E-state index in [0.717, 1.165) is 0 Å². The van der Waals surface area contributed by atoms with E-state index >= 15 is 0 Å². The lowest BCUT2D eigenvalue weighted by molar-refractivity contribution is -0.145. The fourth-order valence-electron chi connectivity index (χ4n) is 1.90. The van der Waals surface area contributed by atoms with Gasteiger partial charge in [-0.2, -0.15) is 0 Å². The number of aliphatic carboxylic acids is 2. The van der Waals surface area contributed by atoms with Crippen LogP contribution in [-0.4, -0.2) is 71.5 Å². The summed E-state index contributed by atoms with van der Waals surface area (Å²) in [5.41, 5.74) is 0. The Kier molecular flexibility index (Phi) is 5.76. The van der Waals surface area contributed by atoms with E-state index in [0.29, 0.717) is 13.0 Å². The lowest BCUT2D eigenvalue weighted by Crippen LogP contribution is -2.49. The van der Waals surface area contributed by atoms with Gasteiger partial charge in [-0.15, -0.1) is 0 Å². The molecule has 0 aliphatic carbocycles. The van der Waals surface area contributed by atoms with Crippen molar-refractivity contribution in [2.24, 2.45) is 0 Å². The third-order valence-electron chi connectivity index (χ3n) is 2.96. The van der Waals surface area contributed by atoms with Crippen LogP contribution < -0.4 is 10.6 Å². The zero-order valence-corrected chi connectivity index (χ0v) is 11.4. The number of rotatable bonds is 5. The molecule has 1 aliphatic heterocycles. The average molecular weight is 303 g/mol. The standard InChI is InChI=1S/C11H17N3O7/c1-21-11(20)12-6-2-3-14(5-6)10(19)13-7(9(17)18)4-8(15)16/h6-7H,2-5H2,1H3,(H,12,20)(H,13,19)(H,15,16)(H,17,18)/t6?,7-/m0/s1. The van der Waals surface area contributed by atoms with Crippen molar-refractivity contribution in [3.05, 3.63) is 0 Å². The fraction of sp³-hybridized carbons (Fsp3) is 0.636.